The Morgan fingerprint density at radius 1 is 1.21 bits per heavy atom. The molecule has 0 aliphatic rings. The van der Waals surface area contributed by atoms with Gasteiger partial charge in [-0.2, -0.15) is 0 Å². The lowest BCUT2D eigenvalue weighted by Crippen LogP contribution is -1.96. The summed E-state index contributed by atoms with van der Waals surface area (Å²) >= 11 is 7.38. The van der Waals surface area contributed by atoms with Gasteiger partial charge in [0.1, 0.15) is 6.10 Å². The second-order valence-corrected chi connectivity index (χ2v) is 4.39. The molecule has 0 saturated carbocycles. The van der Waals surface area contributed by atoms with Crippen molar-refractivity contribution >= 4 is 22.9 Å². The molecule has 14 heavy (non-hydrogen) atoms. The highest BCUT2D eigenvalue weighted by Crippen LogP contribution is 2.26. The average molecular weight is 225 g/mol. The Hall–Kier alpha value is -0.830. The summed E-state index contributed by atoms with van der Waals surface area (Å²) in [5.41, 5.74) is 0.833. The van der Waals surface area contributed by atoms with Gasteiger partial charge in [-0.05, 0) is 29.1 Å². The van der Waals surface area contributed by atoms with Crippen LogP contribution in [0.15, 0.2) is 41.8 Å². The second-order valence-electron chi connectivity index (χ2n) is 2.97. The molecule has 1 aromatic heterocycles. The zero-order valence-corrected chi connectivity index (χ0v) is 8.92. The van der Waals surface area contributed by atoms with Gasteiger partial charge in [0, 0.05) is 9.90 Å². The van der Waals surface area contributed by atoms with Gasteiger partial charge in [0.2, 0.25) is 0 Å². The fourth-order valence-corrected chi connectivity index (χ4v) is 2.22. The number of halogens is 1. The lowest BCUT2D eigenvalue weighted by atomic mass is 10.1. The van der Waals surface area contributed by atoms with Gasteiger partial charge in [-0.3, -0.25) is 0 Å². The van der Waals surface area contributed by atoms with E-state index in [1.54, 1.807) is 12.1 Å². The molecule has 0 aliphatic carbocycles. The molecule has 0 aliphatic heterocycles. The fourth-order valence-electron chi connectivity index (χ4n) is 1.29. The van der Waals surface area contributed by atoms with Crippen molar-refractivity contribution < 1.29 is 5.11 Å². The van der Waals surface area contributed by atoms with Crippen LogP contribution in [-0.4, -0.2) is 5.11 Å². The molecule has 1 atom stereocenters. The first-order valence-corrected chi connectivity index (χ1v) is 5.50. The minimum absolute atomic E-state index is 0.561. The van der Waals surface area contributed by atoms with E-state index in [1.807, 2.05) is 29.6 Å². The van der Waals surface area contributed by atoms with Gasteiger partial charge in [0.05, 0.1) is 0 Å². The molecule has 1 heterocycles. The maximum absolute atomic E-state index is 9.96. The zero-order chi connectivity index (χ0) is 9.97. The van der Waals surface area contributed by atoms with Gasteiger partial charge in [-0.25, -0.2) is 0 Å². The van der Waals surface area contributed by atoms with Crippen molar-refractivity contribution in [1.82, 2.24) is 0 Å². The third-order valence-corrected chi connectivity index (χ3v) is 3.14. The summed E-state index contributed by atoms with van der Waals surface area (Å²) in [6.07, 6.45) is -0.561. The molecule has 1 nitrogen and oxygen atoms in total. The van der Waals surface area contributed by atoms with E-state index in [0.717, 1.165) is 10.4 Å². The van der Waals surface area contributed by atoms with Crippen LogP contribution in [0.3, 0.4) is 0 Å². The molecular weight excluding hydrogens is 216 g/mol. The summed E-state index contributed by atoms with van der Waals surface area (Å²) in [6.45, 7) is 0. The summed E-state index contributed by atoms with van der Waals surface area (Å²) in [6, 6.07) is 11.1. The standard InChI is InChI=1S/C11H9ClOS/c12-9-4-1-3-8(7-9)11(13)10-5-2-6-14-10/h1-7,11,13H/t11-/m0/s1. The summed E-state index contributed by atoms with van der Waals surface area (Å²) in [5, 5.41) is 12.6. The van der Waals surface area contributed by atoms with Crippen molar-refractivity contribution in [2.45, 2.75) is 6.10 Å². The third-order valence-electron chi connectivity index (χ3n) is 1.98. The van der Waals surface area contributed by atoms with Crippen LogP contribution in [0.25, 0.3) is 0 Å². The number of hydrogen-bond acceptors (Lipinski definition) is 2. The Bertz CT molecular complexity index is 411. The van der Waals surface area contributed by atoms with Crippen LogP contribution in [0.4, 0.5) is 0 Å². The van der Waals surface area contributed by atoms with Gasteiger partial charge in [-0.15, -0.1) is 11.3 Å². The molecular formula is C11H9ClOS. The molecule has 0 radical (unpaired) electrons. The maximum atomic E-state index is 9.96. The van der Waals surface area contributed by atoms with Crippen molar-refractivity contribution in [3.63, 3.8) is 0 Å². The van der Waals surface area contributed by atoms with Crippen molar-refractivity contribution in [2.24, 2.45) is 0 Å². The Kier molecular flexibility index (Phi) is 2.87. The van der Waals surface area contributed by atoms with E-state index in [1.165, 1.54) is 11.3 Å². The highest BCUT2D eigenvalue weighted by Gasteiger charge is 2.10. The van der Waals surface area contributed by atoms with Crippen molar-refractivity contribution in [3.05, 3.63) is 57.2 Å². The van der Waals surface area contributed by atoms with E-state index in [9.17, 15) is 5.11 Å². The van der Waals surface area contributed by atoms with E-state index in [-0.39, 0.29) is 0 Å². The fraction of sp³-hybridized carbons (Fsp3) is 0.0909. The quantitative estimate of drug-likeness (QED) is 0.828. The summed E-state index contributed by atoms with van der Waals surface area (Å²) < 4.78 is 0. The van der Waals surface area contributed by atoms with Gasteiger partial charge in [-0.1, -0.05) is 29.8 Å². The predicted molar refractivity (Wildman–Crippen MR) is 59.8 cm³/mol. The molecule has 0 fully saturated rings. The van der Waals surface area contributed by atoms with Gasteiger partial charge in [0.15, 0.2) is 0 Å². The highest BCUT2D eigenvalue weighted by molar-refractivity contribution is 7.10. The van der Waals surface area contributed by atoms with Crippen LogP contribution >= 0.6 is 22.9 Å². The molecule has 3 heteroatoms. The average Bonchev–Trinajstić information content (AvgIpc) is 2.69. The number of benzene rings is 1. The molecule has 1 N–H and O–H groups in total. The Balaban J connectivity index is 2.32. The largest absolute Gasteiger partial charge is 0.383 e. The number of hydrogen-bond donors (Lipinski definition) is 1. The van der Waals surface area contributed by atoms with Gasteiger partial charge >= 0.3 is 0 Å². The first-order valence-electron chi connectivity index (χ1n) is 4.24. The Labute approximate surface area is 91.6 Å². The Morgan fingerprint density at radius 2 is 2.07 bits per heavy atom. The number of aliphatic hydroxyl groups excluding tert-OH is 1. The highest BCUT2D eigenvalue weighted by atomic mass is 35.5. The molecule has 1 aromatic carbocycles. The smallest absolute Gasteiger partial charge is 0.113 e. The molecule has 0 amide bonds. The van der Waals surface area contributed by atoms with Crippen LogP contribution < -0.4 is 0 Å². The lowest BCUT2D eigenvalue weighted by Gasteiger charge is -2.08. The maximum Gasteiger partial charge on any atom is 0.113 e. The minimum atomic E-state index is -0.561. The molecule has 2 rings (SSSR count). The first-order chi connectivity index (χ1) is 6.77. The van der Waals surface area contributed by atoms with Crippen LogP contribution in [0.2, 0.25) is 5.02 Å². The number of aliphatic hydroxyl groups is 1. The molecule has 72 valence electrons. The lowest BCUT2D eigenvalue weighted by molar-refractivity contribution is 0.224. The summed E-state index contributed by atoms with van der Waals surface area (Å²) in [7, 11) is 0. The van der Waals surface area contributed by atoms with E-state index in [2.05, 4.69) is 0 Å². The number of thiophene rings is 1. The monoisotopic (exact) mass is 224 g/mol. The normalized spacial score (nSPS) is 12.7. The molecule has 2 aromatic rings. The van der Waals surface area contributed by atoms with Crippen LogP contribution in [0.5, 0.6) is 0 Å². The minimum Gasteiger partial charge on any atom is -0.383 e. The van der Waals surface area contributed by atoms with Crippen LogP contribution in [0, 0.1) is 0 Å². The summed E-state index contributed by atoms with van der Waals surface area (Å²) in [5.74, 6) is 0. The SMILES string of the molecule is O[C@@H](c1cccc(Cl)c1)c1cccs1. The number of rotatable bonds is 2. The first kappa shape index (κ1) is 9.71. The molecule has 0 bridgehead atoms. The van der Waals surface area contributed by atoms with E-state index < -0.39 is 6.10 Å². The Morgan fingerprint density at radius 3 is 2.71 bits per heavy atom. The van der Waals surface area contributed by atoms with Crippen LogP contribution in [-0.2, 0) is 0 Å². The van der Waals surface area contributed by atoms with Gasteiger partial charge < -0.3 is 5.11 Å². The van der Waals surface area contributed by atoms with E-state index >= 15 is 0 Å². The van der Waals surface area contributed by atoms with E-state index in [0.29, 0.717) is 5.02 Å². The molecule has 0 spiro atoms. The molecule has 0 saturated heterocycles. The van der Waals surface area contributed by atoms with Gasteiger partial charge in [0.25, 0.3) is 0 Å². The summed E-state index contributed by atoms with van der Waals surface area (Å²) in [4.78, 5) is 0.937. The molecule has 0 unspecified atom stereocenters. The second kappa shape index (κ2) is 4.13. The third kappa shape index (κ3) is 1.98. The topological polar surface area (TPSA) is 20.2 Å². The zero-order valence-electron chi connectivity index (χ0n) is 7.35. The van der Waals surface area contributed by atoms with Crippen molar-refractivity contribution in [3.8, 4) is 0 Å². The van der Waals surface area contributed by atoms with Crippen molar-refractivity contribution in [1.29, 1.82) is 0 Å². The predicted octanol–water partition coefficient (Wildman–Crippen LogP) is 3.48. The van der Waals surface area contributed by atoms with Crippen LogP contribution in [0.1, 0.15) is 16.5 Å². The van der Waals surface area contributed by atoms with E-state index in [4.69, 9.17) is 11.6 Å². The van der Waals surface area contributed by atoms with Crippen molar-refractivity contribution in [2.75, 3.05) is 0 Å².